The van der Waals surface area contributed by atoms with Gasteiger partial charge in [-0.1, -0.05) is 13.8 Å². The van der Waals surface area contributed by atoms with Crippen molar-refractivity contribution in [1.82, 2.24) is 19.9 Å². The Morgan fingerprint density at radius 2 is 1.79 bits per heavy atom. The molecule has 0 radical (unpaired) electrons. The second-order valence-corrected chi connectivity index (χ2v) is 4.31. The van der Waals surface area contributed by atoms with Crippen molar-refractivity contribution < 1.29 is 0 Å². The summed E-state index contributed by atoms with van der Waals surface area (Å²) < 4.78 is 0. The molecule has 2 aromatic heterocycles. The van der Waals surface area contributed by atoms with E-state index in [0.29, 0.717) is 11.6 Å². The highest BCUT2D eigenvalue weighted by molar-refractivity contribution is 5.54. The van der Waals surface area contributed by atoms with Gasteiger partial charge in [0.2, 0.25) is 0 Å². The second kappa shape index (κ2) is 6.22. The van der Waals surface area contributed by atoms with Gasteiger partial charge in [0, 0.05) is 30.2 Å². The topological polar surface area (TPSA) is 63.6 Å². The summed E-state index contributed by atoms with van der Waals surface area (Å²) in [6.07, 6.45) is 5.37. The average Bonchev–Trinajstić information content (AvgIpc) is 2.45. The molecule has 0 atom stereocenters. The van der Waals surface area contributed by atoms with Crippen LogP contribution in [0.15, 0.2) is 18.5 Å². The first-order chi connectivity index (χ1) is 9.26. The van der Waals surface area contributed by atoms with Gasteiger partial charge in [-0.2, -0.15) is 0 Å². The minimum Gasteiger partial charge on any atom is -0.370 e. The van der Waals surface area contributed by atoms with Crippen LogP contribution in [0.3, 0.4) is 0 Å². The standard InChI is InChI=1S/C14H19N5/c1-4-7-15-12-11(5-2)10(3)18-14(19-12)13-16-8-6-9-17-13/h6,8-9H,4-5,7H2,1-3H3,(H,15,18,19). The van der Waals surface area contributed by atoms with Gasteiger partial charge in [0.1, 0.15) is 5.82 Å². The maximum atomic E-state index is 4.56. The highest BCUT2D eigenvalue weighted by Gasteiger charge is 2.12. The summed E-state index contributed by atoms with van der Waals surface area (Å²) in [5, 5.41) is 3.36. The summed E-state index contributed by atoms with van der Waals surface area (Å²) in [6.45, 7) is 7.15. The van der Waals surface area contributed by atoms with Gasteiger partial charge in [-0.15, -0.1) is 0 Å². The SMILES string of the molecule is CCCNc1nc(-c2ncccn2)nc(C)c1CC. The fraction of sp³-hybridized carbons (Fsp3) is 0.429. The number of aryl methyl sites for hydroxylation is 1. The molecule has 0 saturated heterocycles. The van der Waals surface area contributed by atoms with E-state index in [2.05, 4.69) is 39.1 Å². The summed E-state index contributed by atoms with van der Waals surface area (Å²) in [4.78, 5) is 17.5. The third kappa shape index (κ3) is 3.05. The van der Waals surface area contributed by atoms with Gasteiger partial charge < -0.3 is 5.32 Å². The van der Waals surface area contributed by atoms with E-state index in [1.165, 1.54) is 0 Å². The zero-order valence-corrected chi connectivity index (χ0v) is 11.6. The largest absolute Gasteiger partial charge is 0.370 e. The van der Waals surface area contributed by atoms with Crippen LogP contribution in [0.5, 0.6) is 0 Å². The van der Waals surface area contributed by atoms with E-state index >= 15 is 0 Å². The van der Waals surface area contributed by atoms with E-state index < -0.39 is 0 Å². The Bertz CT molecular complexity index is 539. The van der Waals surface area contributed by atoms with E-state index in [4.69, 9.17) is 0 Å². The Hall–Kier alpha value is -2.04. The smallest absolute Gasteiger partial charge is 0.199 e. The number of hydrogen-bond donors (Lipinski definition) is 1. The van der Waals surface area contributed by atoms with Crippen LogP contribution >= 0.6 is 0 Å². The van der Waals surface area contributed by atoms with E-state index in [1.54, 1.807) is 18.5 Å². The van der Waals surface area contributed by atoms with E-state index in [0.717, 1.165) is 36.5 Å². The molecule has 5 heteroatoms. The molecule has 0 unspecified atom stereocenters. The molecule has 0 amide bonds. The molecule has 0 saturated carbocycles. The number of nitrogens with one attached hydrogen (secondary N) is 1. The molecular weight excluding hydrogens is 238 g/mol. The van der Waals surface area contributed by atoms with Crippen LogP contribution in [0.25, 0.3) is 11.6 Å². The third-order valence-electron chi connectivity index (χ3n) is 2.88. The number of anilines is 1. The quantitative estimate of drug-likeness (QED) is 0.892. The average molecular weight is 257 g/mol. The fourth-order valence-corrected chi connectivity index (χ4v) is 1.92. The second-order valence-electron chi connectivity index (χ2n) is 4.31. The summed E-state index contributed by atoms with van der Waals surface area (Å²) in [6, 6.07) is 1.78. The van der Waals surface area contributed by atoms with E-state index in [1.807, 2.05) is 6.92 Å². The molecular formula is C14H19N5. The predicted octanol–water partition coefficient (Wildman–Crippen LogP) is 2.63. The van der Waals surface area contributed by atoms with Crippen LogP contribution in [-0.4, -0.2) is 26.5 Å². The van der Waals surface area contributed by atoms with Crippen molar-refractivity contribution in [2.45, 2.75) is 33.6 Å². The van der Waals surface area contributed by atoms with Gasteiger partial charge in [-0.3, -0.25) is 0 Å². The van der Waals surface area contributed by atoms with Crippen molar-refractivity contribution in [2.24, 2.45) is 0 Å². The fourth-order valence-electron chi connectivity index (χ4n) is 1.92. The molecule has 2 heterocycles. The number of nitrogens with zero attached hydrogens (tertiary/aromatic N) is 4. The minimum absolute atomic E-state index is 0.563. The molecule has 0 aliphatic carbocycles. The lowest BCUT2D eigenvalue weighted by molar-refractivity contribution is 0.932. The number of rotatable bonds is 5. The molecule has 2 rings (SSSR count). The van der Waals surface area contributed by atoms with Crippen molar-refractivity contribution >= 4 is 5.82 Å². The zero-order valence-electron chi connectivity index (χ0n) is 11.6. The first kappa shape index (κ1) is 13.4. The maximum Gasteiger partial charge on any atom is 0.199 e. The molecule has 100 valence electrons. The van der Waals surface area contributed by atoms with Crippen molar-refractivity contribution in [1.29, 1.82) is 0 Å². The summed E-state index contributed by atoms with van der Waals surface area (Å²) in [5.74, 6) is 2.04. The lowest BCUT2D eigenvalue weighted by Gasteiger charge is -2.12. The van der Waals surface area contributed by atoms with Crippen LogP contribution in [0, 0.1) is 6.92 Å². The van der Waals surface area contributed by atoms with Crippen LogP contribution in [-0.2, 0) is 6.42 Å². The Labute approximate surface area is 113 Å². The van der Waals surface area contributed by atoms with Crippen LogP contribution in [0.4, 0.5) is 5.82 Å². The Balaban J connectivity index is 2.44. The third-order valence-corrected chi connectivity index (χ3v) is 2.88. The zero-order chi connectivity index (χ0) is 13.7. The van der Waals surface area contributed by atoms with Crippen LogP contribution in [0.2, 0.25) is 0 Å². The van der Waals surface area contributed by atoms with Gasteiger partial charge in [-0.25, -0.2) is 19.9 Å². The van der Waals surface area contributed by atoms with Gasteiger partial charge in [0.25, 0.3) is 0 Å². The predicted molar refractivity (Wildman–Crippen MR) is 76.0 cm³/mol. The molecule has 0 aliphatic heterocycles. The molecule has 0 bridgehead atoms. The lowest BCUT2D eigenvalue weighted by Crippen LogP contribution is -2.09. The normalized spacial score (nSPS) is 10.5. The van der Waals surface area contributed by atoms with E-state index in [-0.39, 0.29) is 0 Å². The Morgan fingerprint density at radius 1 is 1.05 bits per heavy atom. The van der Waals surface area contributed by atoms with Gasteiger partial charge in [0.15, 0.2) is 11.6 Å². The van der Waals surface area contributed by atoms with Crippen molar-refractivity contribution in [3.8, 4) is 11.6 Å². The highest BCUT2D eigenvalue weighted by Crippen LogP contribution is 2.20. The summed E-state index contributed by atoms with van der Waals surface area (Å²) >= 11 is 0. The van der Waals surface area contributed by atoms with Crippen LogP contribution < -0.4 is 5.32 Å². The lowest BCUT2D eigenvalue weighted by atomic mass is 10.1. The molecule has 2 aromatic rings. The summed E-state index contributed by atoms with van der Waals surface area (Å²) in [5.41, 5.74) is 2.15. The summed E-state index contributed by atoms with van der Waals surface area (Å²) in [7, 11) is 0. The van der Waals surface area contributed by atoms with Crippen LogP contribution in [0.1, 0.15) is 31.5 Å². The molecule has 1 N–H and O–H groups in total. The first-order valence-electron chi connectivity index (χ1n) is 6.65. The van der Waals surface area contributed by atoms with Crippen molar-refractivity contribution in [2.75, 3.05) is 11.9 Å². The molecule has 0 aromatic carbocycles. The Kier molecular flexibility index (Phi) is 4.39. The molecule has 0 fully saturated rings. The minimum atomic E-state index is 0.563. The molecule has 0 aliphatic rings. The van der Waals surface area contributed by atoms with Crippen molar-refractivity contribution in [3.05, 3.63) is 29.7 Å². The molecule has 0 spiro atoms. The van der Waals surface area contributed by atoms with Gasteiger partial charge in [-0.05, 0) is 25.8 Å². The monoisotopic (exact) mass is 257 g/mol. The Morgan fingerprint density at radius 3 is 2.42 bits per heavy atom. The number of aromatic nitrogens is 4. The van der Waals surface area contributed by atoms with Gasteiger partial charge >= 0.3 is 0 Å². The first-order valence-corrected chi connectivity index (χ1v) is 6.65. The molecule has 19 heavy (non-hydrogen) atoms. The highest BCUT2D eigenvalue weighted by atomic mass is 15.1. The van der Waals surface area contributed by atoms with Gasteiger partial charge in [0.05, 0.1) is 0 Å². The van der Waals surface area contributed by atoms with E-state index in [9.17, 15) is 0 Å². The maximum absolute atomic E-state index is 4.56. The van der Waals surface area contributed by atoms with Crippen molar-refractivity contribution in [3.63, 3.8) is 0 Å². The molecule has 5 nitrogen and oxygen atoms in total. The number of hydrogen-bond acceptors (Lipinski definition) is 5.